The summed E-state index contributed by atoms with van der Waals surface area (Å²) in [7, 11) is 0. The zero-order valence-corrected chi connectivity index (χ0v) is 13.3. The fraction of sp³-hybridized carbons (Fsp3) is 0.188. The largest absolute Gasteiger partial charge is 0.431 e. The lowest BCUT2D eigenvalue weighted by atomic mass is 9.98. The van der Waals surface area contributed by atoms with Crippen molar-refractivity contribution in [3.05, 3.63) is 64.9 Å². The molecule has 2 aromatic rings. The van der Waals surface area contributed by atoms with E-state index in [1.54, 1.807) is 0 Å². The third-order valence-electron chi connectivity index (χ3n) is 3.72. The predicted octanol–water partition coefficient (Wildman–Crippen LogP) is 3.34. The Kier molecular flexibility index (Phi) is 4.26. The van der Waals surface area contributed by atoms with Gasteiger partial charge < -0.3 is 5.11 Å². The molecule has 5 nitrogen and oxygen atoms in total. The average Bonchev–Trinajstić information content (AvgIpc) is 2.95. The molecule has 0 aliphatic carbocycles. The van der Waals surface area contributed by atoms with Gasteiger partial charge in [-0.25, -0.2) is 0 Å². The first-order valence-corrected chi connectivity index (χ1v) is 7.47. The predicted molar refractivity (Wildman–Crippen MR) is 83.9 cm³/mol. The molecule has 2 heterocycles. The number of aliphatic hydroxyl groups is 1. The Balaban J connectivity index is 2.06. The van der Waals surface area contributed by atoms with Gasteiger partial charge in [0, 0.05) is 28.5 Å². The number of hydrazone groups is 1. The van der Waals surface area contributed by atoms with Crippen LogP contribution in [0.2, 0.25) is 5.02 Å². The number of benzene rings is 1. The highest BCUT2D eigenvalue weighted by atomic mass is 35.5. The molecule has 9 heteroatoms. The van der Waals surface area contributed by atoms with Gasteiger partial charge in [-0.1, -0.05) is 17.7 Å². The van der Waals surface area contributed by atoms with Crippen LogP contribution in [0, 0.1) is 0 Å². The van der Waals surface area contributed by atoms with Gasteiger partial charge in [0.05, 0.1) is 6.42 Å². The number of carbonyl (C=O) groups is 1. The van der Waals surface area contributed by atoms with Crippen molar-refractivity contribution in [3.63, 3.8) is 0 Å². The molecule has 0 bridgehead atoms. The lowest BCUT2D eigenvalue weighted by Gasteiger charge is -2.31. The minimum atomic E-state index is -4.77. The van der Waals surface area contributed by atoms with Gasteiger partial charge in [0.25, 0.3) is 5.91 Å². The van der Waals surface area contributed by atoms with Crippen LogP contribution in [0.3, 0.4) is 0 Å². The molecule has 1 amide bonds. The van der Waals surface area contributed by atoms with E-state index in [4.69, 9.17) is 11.6 Å². The van der Waals surface area contributed by atoms with E-state index in [-0.39, 0.29) is 11.1 Å². The van der Waals surface area contributed by atoms with Crippen LogP contribution in [-0.4, -0.2) is 32.9 Å². The standard InChI is InChI=1S/C16H11ClF3N3O2/c17-12-5-3-10(4-6-12)14(24)23-15(25,11-2-1-7-21-9-11)8-13(22-23)16(18,19)20/h1-7,9,25H,8H2. The minimum Gasteiger partial charge on any atom is -0.365 e. The van der Waals surface area contributed by atoms with Crippen molar-refractivity contribution in [1.82, 2.24) is 9.99 Å². The number of pyridine rings is 1. The molecule has 1 unspecified atom stereocenters. The van der Waals surface area contributed by atoms with E-state index in [1.807, 2.05) is 0 Å². The maximum atomic E-state index is 13.1. The number of nitrogens with zero attached hydrogens (tertiary/aromatic N) is 3. The summed E-state index contributed by atoms with van der Waals surface area (Å²) in [6.07, 6.45) is -3.07. The van der Waals surface area contributed by atoms with Crippen LogP contribution in [-0.2, 0) is 5.72 Å². The van der Waals surface area contributed by atoms with Crippen LogP contribution >= 0.6 is 11.6 Å². The van der Waals surface area contributed by atoms with Crippen LogP contribution < -0.4 is 0 Å². The van der Waals surface area contributed by atoms with Crippen LogP contribution in [0.5, 0.6) is 0 Å². The van der Waals surface area contributed by atoms with Crippen LogP contribution in [0.25, 0.3) is 0 Å². The molecule has 25 heavy (non-hydrogen) atoms. The highest BCUT2D eigenvalue weighted by Crippen LogP contribution is 2.40. The first-order chi connectivity index (χ1) is 11.7. The van der Waals surface area contributed by atoms with Gasteiger partial charge in [0.1, 0.15) is 5.71 Å². The van der Waals surface area contributed by atoms with E-state index in [0.29, 0.717) is 10.0 Å². The molecular weight excluding hydrogens is 359 g/mol. The molecule has 0 spiro atoms. The van der Waals surface area contributed by atoms with Crippen molar-refractivity contribution in [2.45, 2.75) is 18.3 Å². The van der Waals surface area contributed by atoms with Crippen molar-refractivity contribution in [3.8, 4) is 0 Å². The van der Waals surface area contributed by atoms with Crippen molar-refractivity contribution < 1.29 is 23.1 Å². The summed E-state index contributed by atoms with van der Waals surface area (Å²) < 4.78 is 39.3. The molecule has 1 N–H and O–H groups in total. The molecule has 1 aliphatic rings. The highest BCUT2D eigenvalue weighted by molar-refractivity contribution is 6.30. The number of hydrogen-bond donors (Lipinski definition) is 1. The molecule has 0 radical (unpaired) electrons. The number of amides is 1. The van der Waals surface area contributed by atoms with Gasteiger partial charge in [0.15, 0.2) is 5.72 Å². The van der Waals surface area contributed by atoms with Crippen molar-refractivity contribution in [2.24, 2.45) is 5.10 Å². The summed E-state index contributed by atoms with van der Waals surface area (Å²) in [5, 5.41) is 15.0. The molecule has 1 atom stereocenters. The molecule has 0 saturated carbocycles. The van der Waals surface area contributed by atoms with Gasteiger partial charge in [-0.05, 0) is 30.3 Å². The van der Waals surface area contributed by atoms with Gasteiger partial charge in [0.2, 0.25) is 0 Å². The number of hydrogen-bond acceptors (Lipinski definition) is 4. The lowest BCUT2D eigenvalue weighted by molar-refractivity contribution is -0.0817. The topological polar surface area (TPSA) is 65.8 Å². The Morgan fingerprint density at radius 1 is 1.24 bits per heavy atom. The Morgan fingerprint density at radius 3 is 2.48 bits per heavy atom. The average molecular weight is 370 g/mol. The van der Waals surface area contributed by atoms with Gasteiger partial charge >= 0.3 is 6.18 Å². The molecule has 1 aromatic heterocycles. The zero-order valence-electron chi connectivity index (χ0n) is 12.5. The van der Waals surface area contributed by atoms with E-state index in [1.165, 1.54) is 48.8 Å². The fourth-order valence-corrected chi connectivity index (χ4v) is 2.58. The molecule has 3 rings (SSSR count). The van der Waals surface area contributed by atoms with Crippen molar-refractivity contribution >= 4 is 23.2 Å². The quantitative estimate of drug-likeness (QED) is 0.883. The zero-order chi connectivity index (χ0) is 18.2. The van der Waals surface area contributed by atoms with Crippen LogP contribution in [0.15, 0.2) is 53.9 Å². The number of halogens is 4. The molecule has 1 aliphatic heterocycles. The van der Waals surface area contributed by atoms with E-state index in [2.05, 4.69) is 10.1 Å². The number of alkyl halides is 3. The second-order valence-corrected chi connectivity index (χ2v) is 5.84. The van der Waals surface area contributed by atoms with Crippen molar-refractivity contribution in [2.75, 3.05) is 0 Å². The lowest BCUT2D eigenvalue weighted by Crippen LogP contribution is -2.43. The normalized spacial score (nSPS) is 20.5. The van der Waals surface area contributed by atoms with E-state index in [9.17, 15) is 23.1 Å². The third-order valence-corrected chi connectivity index (χ3v) is 3.97. The van der Waals surface area contributed by atoms with Crippen LogP contribution in [0.4, 0.5) is 13.2 Å². The summed E-state index contributed by atoms with van der Waals surface area (Å²) in [6.45, 7) is 0. The van der Waals surface area contributed by atoms with E-state index >= 15 is 0 Å². The van der Waals surface area contributed by atoms with Crippen molar-refractivity contribution in [1.29, 1.82) is 0 Å². The van der Waals surface area contributed by atoms with Gasteiger partial charge in [-0.2, -0.15) is 23.3 Å². The van der Waals surface area contributed by atoms with Crippen LogP contribution in [0.1, 0.15) is 22.3 Å². The summed E-state index contributed by atoms with van der Waals surface area (Å²) in [5.74, 6) is -0.887. The van der Waals surface area contributed by atoms with Gasteiger partial charge in [-0.15, -0.1) is 0 Å². The maximum absolute atomic E-state index is 13.1. The summed E-state index contributed by atoms with van der Waals surface area (Å²) in [5.41, 5.74) is -3.46. The Hall–Kier alpha value is -2.45. The number of carbonyl (C=O) groups excluding carboxylic acids is 1. The molecule has 0 saturated heterocycles. The second-order valence-electron chi connectivity index (χ2n) is 5.40. The molecule has 0 fully saturated rings. The Bertz CT molecular complexity index is 825. The smallest absolute Gasteiger partial charge is 0.365 e. The molecular formula is C16H11ClF3N3O2. The number of aromatic nitrogens is 1. The second kappa shape index (κ2) is 6.12. The van der Waals surface area contributed by atoms with E-state index < -0.39 is 29.9 Å². The highest BCUT2D eigenvalue weighted by Gasteiger charge is 2.53. The number of rotatable bonds is 2. The minimum absolute atomic E-state index is 0.0281. The van der Waals surface area contributed by atoms with E-state index in [0.717, 1.165) is 0 Å². The fourth-order valence-electron chi connectivity index (χ4n) is 2.46. The Morgan fingerprint density at radius 2 is 1.92 bits per heavy atom. The summed E-state index contributed by atoms with van der Waals surface area (Å²) >= 11 is 5.75. The summed E-state index contributed by atoms with van der Waals surface area (Å²) in [6, 6.07) is 8.35. The molecule has 130 valence electrons. The maximum Gasteiger partial charge on any atom is 0.431 e. The first-order valence-electron chi connectivity index (χ1n) is 7.09. The molecule has 1 aromatic carbocycles. The van der Waals surface area contributed by atoms with Gasteiger partial charge in [-0.3, -0.25) is 9.78 Å². The first kappa shape index (κ1) is 17.4. The SMILES string of the molecule is O=C(c1ccc(Cl)cc1)N1N=C(C(F)(F)F)CC1(O)c1cccnc1. The Labute approximate surface area is 145 Å². The summed E-state index contributed by atoms with van der Waals surface area (Å²) in [4.78, 5) is 16.4. The third kappa shape index (κ3) is 3.22. The monoisotopic (exact) mass is 369 g/mol.